The molecule has 0 saturated carbocycles. The molecule has 0 spiro atoms. The summed E-state index contributed by atoms with van der Waals surface area (Å²) in [5.41, 5.74) is 2.76. The molecule has 4 rings (SSSR count). The molecule has 3 atom stereocenters. The average molecular weight is 542 g/mol. The molecule has 1 aromatic carbocycles. The van der Waals surface area contributed by atoms with E-state index in [-0.39, 0.29) is 36.6 Å². The summed E-state index contributed by atoms with van der Waals surface area (Å²) in [5.74, 6) is -0.103. The van der Waals surface area contributed by atoms with Crippen LogP contribution in [0.3, 0.4) is 0 Å². The van der Waals surface area contributed by atoms with E-state index in [1.54, 1.807) is 27.7 Å². The number of fused-ring (bicyclic) bond motifs is 1. The number of hydrogen-bond donors (Lipinski definition) is 2. The summed E-state index contributed by atoms with van der Waals surface area (Å²) in [4.78, 5) is 31.9. The number of urea groups is 1. The number of aryl methyl sites for hydroxylation is 1. The van der Waals surface area contributed by atoms with Gasteiger partial charge in [0.1, 0.15) is 0 Å². The van der Waals surface area contributed by atoms with Crippen LogP contribution in [0.1, 0.15) is 51.6 Å². The van der Waals surface area contributed by atoms with Gasteiger partial charge in [0, 0.05) is 63.5 Å². The zero-order valence-corrected chi connectivity index (χ0v) is 23.5. The Morgan fingerprint density at radius 1 is 1.18 bits per heavy atom. The number of rotatable bonds is 6. The maximum absolute atomic E-state index is 13.1. The number of anilines is 2. The van der Waals surface area contributed by atoms with Gasteiger partial charge in [-0.3, -0.25) is 4.79 Å². The molecule has 1 saturated heterocycles. The molecule has 3 amide bonds. The summed E-state index contributed by atoms with van der Waals surface area (Å²) in [6.45, 7) is 7.52. The van der Waals surface area contributed by atoms with Gasteiger partial charge in [0.25, 0.3) is 0 Å². The molecule has 2 N–H and O–H groups in total. The summed E-state index contributed by atoms with van der Waals surface area (Å²) in [7, 11) is 1.74. The van der Waals surface area contributed by atoms with Crippen LogP contribution in [0, 0.1) is 5.92 Å². The molecule has 1 fully saturated rings. The number of amides is 3. The van der Waals surface area contributed by atoms with Gasteiger partial charge in [-0.05, 0) is 56.9 Å². The lowest BCUT2D eigenvalue weighted by Gasteiger charge is -2.35. The van der Waals surface area contributed by atoms with E-state index < -0.39 is 0 Å². The third-order valence-corrected chi connectivity index (χ3v) is 7.78. The first-order valence-electron chi connectivity index (χ1n) is 14.1. The predicted octanol–water partition coefficient (Wildman–Crippen LogP) is 2.96. The van der Waals surface area contributed by atoms with Crippen LogP contribution in [0.25, 0.3) is 0 Å². The Morgan fingerprint density at radius 2 is 1.92 bits per heavy atom. The molecule has 0 bridgehead atoms. The van der Waals surface area contributed by atoms with Crippen LogP contribution in [0.4, 0.5) is 16.2 Å². The standard InChI is InChI=1S/C28H43N7O4/c1-21-17-34(22(2)19-36)27(37)8-7-15-35-25(16-29-31-35)20-39-26(21)18-32(3)28(38)30-23-9-11-24(12-10-23)33-13-5-4-6-14-33/h9-12,16,21-22,26,36H,4-8,13-15,17-20H2,1-3H3,(H,30,38)/t21-,22+,26+/m0/s1. The monoisotopic (exact) mass is 541 g/mol. The first kappa shape index (κ1) is 28.8. The van der Waals surface area contributed by atoms with E-state index >= 15 is 0 Å². The van der Waals surface area contributed by atoms with Gasteiger partial charge in [0.2, 0.25) is 5.91 Å². The first-order chi connectivity index (χ1) is 18.9. The van der Waals surface area contributed by atoms with E-state index in [2.05, 4.69) is 32.7 Å². The van der Waals surface area contributed by atoms with Gasteiger partial charge in [0.15, 0.2) is 0 Å². The van der Waals surface area contributed by atoms with E-state index in [1.165, 1.54) is 24.9 Å². The average Bonchev–Trinajstić information content (AvgIpc) is 3.40. The molecular weight excluding hydrogens is 498 g/mol. The Bertz CT molecular complexity index is 1070. The molecule has 2 aliphatic rings. The van der Waals surface area contributed by atoms with Crippen LogP contribution >= 0.6 is 0 Å². The highest BCUT2D eigenvalue weighted by molar-refractivity contribution is 5.89. The summed E-state index contributed by atoms with van der Waals surface area (Å²) >= 11 is 0. The second kappa shape index (κ2) is 13.7. The number of carbonyl (C=O) groups is 2. The van der Waals surface area contributed by atoms with Crippen LogP contribution in [-0.4, -0.2) is 93.8 Å². The highest BCUT2D eigenvalue weighted by Crippen LogP contribution is 2.23. The number of benzene rings is 1. The fourth-order valence-electron chi connectivity index (χ4n) is 5.23. The smallest absolute Gasteiger partial charge is 0.321 e. The zero-order chi connectivity index (χ0) is 27.8. The molecule has 0 unspecified atom stereocenters. The van der Waals surface area contributed by atoms with Gasteiger partial charge in [0.05, 0.1) is 37.3 Å². The second-order valence-corrected chi connectivity index (χ2v) is 10.9. The van der Waals surface area contributed by atoms with Crippen LogP contribution in [-0.2, 0) is 22.7 Å². The van der Waals surface area contributed by atoms with Crippen LogP contribution in [0.15, 0.2) is 30.5 Å². The van der Waals surface area contributed by atoms with Crippen molar-refractivity contribution in [2.45, 2.75) is 71.2 Å². The maximum atomic E-state index is 13.1. The Balaban J connectivity index is 1.43. The zero-order valence-electron chi connectivity index (χ0n) is 23.5. The Labute approximate surface area is 231 Å². The SMILES string of the molecule is C[C@H](CO)N1C[C@H](C)[C@@H](CN(C)C(=O)Nc2ccc(N3CCCCC3)cc2)OCc2cnnn2CCCC1=O. The number of aliphatic hydroxyl groups is 1. The minimum Gasteiger partial charge on any atom is -0.394 e. The Morgan fingerprint density at radius 3 is 2.64 bits per heavy atom. The highest BCUT2D eigenvalue weighted by atomic mass is 16.5. The van der Waals surface area contributed by atoms with Crippen molar-refractivity contribution in [1.82, 2.24) is 24.8 Å². The summed E-state index contributed by atoms with van der Waals surface area (Å²) in [5, 5.41) is 20.9. The van der Waals surface area contributed by atoms with Gasteiger partial charge >= 0.3 is 6.03 Å². The first-order valence-corrected chi connectivity index (χ1v) is 14.1. The molecule has 39 heavy (non-hydrogen) atoms. The number of ether oxygens (including phenoxy) is 1. The number of carbonyl (C=O) groups excluding carboxylic acids is 2. The van der Waals surface area contributed by atoms with Gasteiger partial charge in [-0.2, -0.15) is 0 Å². The third kappa shape index (κ3) is 7.69. The lowest BCUT2D eigenvalue weighted by Crippen LogP contribution is -2.48. The molecule has 0 radical (unpaired) electrons. The van der Waals surface area contributed by atoms with Crippen molar-refractivity contribution >= 4 is 23.3 Å². The lowest BCUT2D eigenvalue weighted by molar-refractivity contribution is -0.136. The highest BCUT2D eigenvalue weighted by Gasteiger charge is 2.29. The number of nitrogens with zero attached hydrogens (tertiary/aromatic N) is 6. The van der Waals surface area contributed by atoms with Crippen molar-refractivity contribution in [2.24, 2.45) is 5.92 Å². The molecule has 214 valence electrons. The second-order valence-electron chi connectivity index (χ2n) is 10.9. The van der Waals surface area contributed by atoms with Gasteiger partial charge < -0.3 is 29.9 Å². The predicted molar refractivity (Wildman–Crippen MR) is 149 cm³/mol. The van der Waals surface area contributed by atoms with Crippen LogP contribution < -0.4 is 10.2 Å². The van der Waals surface area contributed by atoms with Crippen molar-refractivity contribution in [3.8, 4) is 0 Å². The number of nitrogens with one attached hydrogen (secondary N) is 1. The maximum Gasteiger partial charge on any atom is 0.321 e. The Hall–Kier alpha value is -3.18. The molecular formula is C28H43N7O4. The largest absolute Gasteiger partial charge is 0.394 e. The summed E-state index contributed by atoms with van der Waals surface area (Å²) in [6, 6.07) is 7.47. The van der Waals surface area contributed by atoms with Crippen molar-refractivity contribution in [3.05, 3.63) is 36.2 Å². The van der Waals surface area contributed by atoms with Crippen LogP contribution in [0.2, 0.25) is 0 Å². The number of likely N-dealkylation sites (N-methyl/N-ethyl adjacent to an activating group) is 1. The third-order valence-electron chi connectivity index (χ3n) is 7.78. The number of hydrogen-bond acceptors (Lipinski definition) is 7. The van der Waals surface area contributed by atoms with E-state index in [4.69, 9.17) is 4.74 Å². The minimum atomic E-state index is -0.355. The van der Waals surface area contributed by atoms with Crippen molar-refractivity contribution in [1.29, 1.82) is 0 Å². The van der Waals surface area contributed by atoms with E-state index in [9.17, 15) is 14.7 Å². The van der Waals surface area contributed by atoms with E-state index in [1.807, 2.05) is 26.0 Å². The number of aromatic nitrogens is 3. The molecule has 2 aromatic rings. The Kier molecular flexibility index (Phi) is 10.2. The number of aliphatic hydroxyl groups excluding tert-OH is 1. The molecule has 2 aliphatic heterocycles. The van der Waals surface area contributed by atoms with Gasteiger partial charge in [-0.1, -0.05) is 12.1 Å². The topological polar surface area (TPSA) is 116 Å². The normalized spacial score (nSPS) is 21.9. The molecule has 11 nitrogen and oxygen atoms in total. The fraction of sp³-hybridized carbons (Fsp3) is 0.643. The van der Waals surface area contributed by atoms with Crippen molar-refractivity contribution < 1.29 is 19.4 Å². The van der Waals surface area contributed by atoms with Crippen molar-refractivity contribution in [3.63, 3.8) is 0 Å². The minimum absolute atomic E-state index is 0.0107. The van der Waals surface area contributed by atoms with Crippen LogP contribution in [0.5, 0.6) is 0 Å². The van der Waals surface area contributed by atoms with Crippen molar-refractivity contribution in [2.75, 3.05) is 50.1 Å². The molecule has 11 heteroatoms. The quantitative estimate of drug-likeness (QED) is 0.578. The van der Waals surface area contributed by atoms with Gasteiger partial charge in [-0.25, -0.2) is 9.48 Å². The summed E-state index contributed by atoms with van der Waals surface area (Å²) in [6.07, 6.45) is 6.04. The lowest BCUT2D eigenvalue weighted by atomic mass is 10.0. The van der Waals surface area contributed by atoms with E-state index in [0.717, 1.165) is 24.5 Å². The molecule has 0 aliphatic carbocycles. The van der Waals surface area contributed by atoms with Gasteiger partial charge in [-0.15, -0.1) is 5.10 Å². The molecule has 3 heterocycles. The fourth-order valence-corrected chi connectivity index (χ4v) is 5.23. The van der Waals surface area contributed by atoms with E-state index in [0.29, 0.717) is 39.1 Å². The number of piperidine rings is 1. The summed E-state index contributed by atoms with van der Waals surface area (Å²) < 4.78 is 8.10. The molecule has 1 aromatic heterocycles.